The van der Waals surface area contributed by atoms with Crippen LogP contribution in [-0.4, -0.2) is 6.26 Å². The molecule has 0 saturated heterocycles. The molecule has 2 nitrogen and oxygen atoms in total. The topological polar surface area (TPSA) is 34.1 Å². The molecular weight excluding hydrogens is 215 g/mol. The molecule has 0 heterocycles. The van der Waals surface area contributed by atoms with Crippen molar-refractivity contribution in [3.8, 4) is 0 Å². The van der Waals surface area contributed by atoms with Gasteiger partial charge in [0.15, 0.2) is 0 Å². The van der Waals surface area contributed by atoms with Crippen molar-refractivity contribution in [2.24, 2.45) is 0 Å². The van der Waals surface area contributed by atoms with Crippen LogP contribution in [0, 0.1) is 6.92 Å². The van der Waals surface area contributed by atoms with E-state index in [2.05, 4.69) is 6.92 Å². The van der Waals surface area contributed by atoms with E-state index in [0.29, 0.717) is 0 Å². The summed E-state index contributed by atoms with van der Waals surface area (Å²) in [7, 11) is -1.86. The third-order valence-electron chi connectivity index (χ3n) is 0.843. The van der Waals surface area contributed by atoms with Crippen LogP contribution in [0.5, 0.6) is 0 Å². The predicted molar refractivity (Wildman–Crippen MR) is 45.6 cm³/mol. The standard InChI is InChI=1S/C7H7.CH3O2S.Mn/c1-7-5-3-2-4-6-7;1-4(2)3;/h2-6H,1H2;1H3;/q2*-1;+2. The molecule has 0 atom stereocenters. The van der Waals surface area contributed by atoms with Crippen LogP contribution in [-0.2, 0) is 36.2 Å². The Kier molecular flexibility index (Phi) is 10.2. The molecule has 1 aromatic rings. The van der Waals surface area contributed by atoms with Crippen LogP contribution < -0.4 is 0 Å². The molecule has 0 spiro atoms. The molecule has 0 bridgehead atoms. The summed E-state index contributed by atoms with van der Waals surface area (Å²) in [6.07, 6.45) is 1.08. The van der Waals surface area contributed by atoms with Crippen molar-refractivity contribution in [3.05, 3.63) is 42.8 Å². The largest absolute Gasteiger partial charge is 2.00 e. The van der Waals surface area contributed by atoms with Crippen LogP contribution >= 0.6 is 0 Å². The minimum atomic E-state index is -1.86. The fourth-order valence-corrected chi connectivity index (χ4v) is 0.478. The van der Waals surface area contributed by atoms with Gasteiger partial charge >= 0.3 is 17.1 Å². The second kappa shape index (κ2) is 8.65. The van der Waals surface area contributed by atoms with E-state index in [1.807, 2.05) is 30.3 Å². The van der Waals surface area contributed by atoms with Crippen LogP contribution in [0.4, 0.5) is 0 Å². The second-order valence-electron chi connectivity index (χ2n) is 1.89. The summed E-state index contributed by atoms with van der Waals surface area (Å²) in [5, 5.41) is 0. The van der Waals surface area contributed by atoms with Crippen LogP contribution in [0.3, 0.4) is 0 Å². The van der Waals surface area contributed by atoms with Crippen molar-refractivity contribution in [1.82, 2.24) is 0 Å². The Morgan fingerprint density at radius 3 is 1.67 bits per heavy atom. The maximum atomic E-state index is 9.00. The van der Waals surface area contributed by atoms with Crippen LogP contribution in [0.2, 0.25) is 0 Å². The molecule has 4 heteroatoms. The van der Waals surface area contributed by atoms with E-state index in [1.54, 1.807) is 0 Å². The van der Waals surface area contributed by atoms with Crippen molar-refractivity contribution in [2.45, 2.75) is 0 Å². The molecule has 0 aliphatic heterocycles. The summed E-state index contributed by atoms with van der Waals surface area (Å²) < 4.78 is 18.0. The zero-order chi connectivity index (χ0) is 8.69. The van der Waals surface area contributed by atoms with Gasteiger partial charge in [-0.3, -0.25) is 0 Å². The van der Waals surface area contributed by atoms with Gasteiger partial charge in [0.05, 0.1) is 0 Å². The number of rotatable bonds is 0. The van der Waals surface area contributed by atoms with Gasteiger partial charge in [-0.05, 0) is 0 Å². The van der Waals surface area contributed by atoms with Gasteiger partial charge in [-0.15, -0.1) is 12.1 Å². The Bertz CT molecular complexity index is 249. The summed E-state index contributed by atoms with van der Waals surface area (Å²) >= 11 is 0. The van der Waals surface area contributed by atoms with Crippen molar-refractivity contribution in [2.75, 3.05) is 6.26 Å². The van der Waals surface area contributed by atoms with Gasteiger partial charge in [-0.2, -0.15) is 24.6 Å². The fraction of sp³-hybridized carbons (Fsp3) is 0.125. The Hall–Kier alpha value is -0.441. The zero-order valence-electron chi connectivity index (χ0n) is 6.70. The Balaban J connectivity index is 0. The third-order valence-corrected chi connectivity index (χ3v) is 0.843. The maximum absolute atomic E-state index is 9.00. The number of hydrogen-bond donors (Lipinski definition) is 0. The van der Waals surface area contributed by atoms with E-state index < -0.39 is 10.7 Å². The average Bonchev–Trinajstić information content (AvgIpc) is 1.87. The summed E-state index contributed by atoms with van der Waals surface area (Å²) in [6, 6.07) is 9.87. The van der Waals surface area contributed by atoms with Crippen molar-refractivity contribution in [3.63, 3.8) is 0 Å². The summed E-state index contributed by atoms with van der Waals surface area (Å²) in [6.45, 7) is 3.72. The number of benzene rings is 1. The predicted octanol–water partition coefficient (Wildman–Crippen LogP) is 1.79. The van der Waals surface area contributed by atoms with Crippen LogP contribution in [0.15, 0.2) is 30.3 Å². The SMILES string of the molecule is C[S-](=O)=O.[CH2-]c1ccccc1.[Mn+2]. The normalized spacial score (nSPS) is 7.83. The molecule has 0 fully saturated rings. The molecule has 67 valence electrons. The summed E-state index contributed by atoms with van der Waals surface area (Å²) in [5.41, 5.74) is 1.07. The molecule has 0 aliphatic carbocycles. The number of hydrogen-bond acceptors (Lipinski definition) is 3. The van der Waals surface area contributed by atoms with E-state index in [1.165, 1.54) is 0 Å². The van der Waals surface area contributed by atoms with Gasteiger partial charge in [-0.25, -0.2) is 0 Å². The molecular formula is C8H10MnO2S. The van der Waals surface area contributed by atoms with E-state index in [9.17, 15) is 0 Å². The molecule has 0 unspecified atom stereocenters. The van der Waals surface area contributed by atoms with Crippen molar-refractivity contribution < 1.29 is 25.5 Å². The van der Waals surface area contributed by atoms with Crippen molar-refractivity contribution >= 4 is 10.7 Å². The Labute approximate surface area is 85.4 Å². The van der Waals surface area contributed by atoms with Gasteiger partial charge in [0, 0.05) is 0 Å². The smallest absolute Gasteiger partial charge is 0.424 e. The first-order valence-electron chi connectivity index (χ1n) is 3.01. The second-order valence-corrected chi connectivity index (χ2v) is 2.69. The van der Waals surface area contributed by atoms with Gasteiger partial charge in [0.25, 0.3) is 0 Å². The summed E-state index contributed by atoms with van der Waals surface area (Å²) in [4.78, 5) is 0. The zero-order valence-corrected chi connectivity index (χ0v) is 8.69. The first-order valence-corrected chi connectivity index (χ1v) is 4.49. The first-order chi connectivity index (χ1) is 5.13. The molecule has 1 radical (unpaired) electrons. The molecule has 1 aromatic carbocycles. The van der Waals surface area contributed by atoms with Crippen LogP contribution in [0.25, 0.3) is 0 Å². The average molecular weight is 225 g/mol. The maximum Gasteiger partial charge on any atom is 2.00 e. The molecule has 0 amide bonds. The monoisotopic (exact) mass is 225 g/mol. The van der Waals surface area contributed by atoms with Gasteiger partial charge in [-0.1, -0.05) is 23.0 Å². The molecule has 12 heavy (non-hydrogen) atoms. The minimum Gasteiger partial charge on any atom is -0.424 e. The molecule has 0 aliphatic rings. The van der Waals surface area contributed by atoms with Crippen molar-refractivity contribution in [1.29, 1.82) is 0 Å². The third kappa shape index (κ3) is 12.3. The molecule has 0 aromatic heterocycles. The van der Waals surface area contributed by atoms with Gasteiger partial charge < -0.3 is 8.42 Å². The van der Waals surface area contributed by atoms with Crippen LogP contribution in [0.1, 0.15) is 5.56 Å². The Morgan fingerprint density at radius 1 is 1.17 bits per heavy atom. The minimum absolute atomic E-state index is 0. The van der Waals surface area contributed by atoms with Gasteiger partial charge in [0.1, 0.15) is 0 Å². The van der Waals surface area contributed by atoms with E-state index in [4.69, 9.17) is 8.42 Å². The van der Waals surface area contributed by atoms with E-state index in [0.717, 1.165) is 11.8 Å². The van der Waals surface area contributed by atoms with E-state index >= 15 is 0 Å². The fourth-order valence-electron chi connectivity index (χ4n) is 0.478. The molecule has 0 N–H and O–H groups in total. The summed E-state index contributed by atoms with van der Waals surface area (Å²) in [5.74, 6) is 0. The molecule has 0 saturated carbocycles. The first kappa shape index (κ1) is 14.1. The Morgan fingerprint density at radius 2 is 1.50 bits per heavy atom. The van der Waals surface area contributed by atoms with E-state index in [-0.39, 0.29) is 17.1 Å². The molecule has 1 rings (SSSR count). The quantitative estimate of drug-likeness (QED) is 0.383. The van der Waals surface area contributed by atoms with Gasteiger partial charge in [0.2, 0.25) is 0 Å².